The Labute approximate surface area is 288 Å². The summed E-state index contributed by atoms with van der Waals surface area (Å²) in [7, 11) is 5.97. The summed E-state index contributed by atoms with van der Waals surface area (Å²) < 4.78 is 47.1. The Morgan fingerprint density at radius 1 is 0.700 bits per heavy atom. The minimum atomic E-state index is -0.960. The molecule has 0 spiro atoms. The average Bonchev–Trinajstić information content (AvgIpc) is 3.15. The molecule has 0 saturated carbocycles. The van der Waals surface area contributed by atoms with Crippen LogP contribution in [0.4, 0.5) is 0 Å². The van der Waals surface area contributed by atoms with Crippen molar-refractivity contribution in [2.45, 2.75) is 37.8 Å². The summed E-state index contributed by atoms with van der Waals surface area (Å²) in [6.45, 7) is 1.72. The van der Waals surface area contributed by atoms with Crippen molar-refractivity contribution in [1.82, 2.24) is 0 Å². The number of carbonyl (C=O) groups excluding carboxylic acids is 2. The number of ether oxygens (including phenoxy) is 7. The fraction of sp³-hybridized carbons (Fsp3) is 0.256. The molecule has 0 bridgehead atoms. The molecule has 258 valence electrons. The monoisotopic (exact) mass is 680 g/mol. The van der Waals surface area contributed by atoms with Gasteiger partial charge >= 0.3 is 11.9 Å². The summed E-state index contributed by atoms with van der Waals surface area (Å²) in [4.78, 5) is 40.3. The fourth-order valence-electron chi connectivity index (χ4n) is 6.16. The van der Waals surface area contributed by atoms with Crippen LogP contribution in [0.2, 0.25) is 0 Å². The minimum absolute atomic E-state index is 0.0446. The molecule has 11 nitrogen and oxygen atoms in total. The summed E-state index contributed by atoms with van der Waals surface area (Å²) in [5.41, 5.74) is 1.51. The molecule has 1 aliphatic rings. The molecule has 1 fully saturated rings. The van der Waals surface area contributed by atoms with E-state index in [9.17, 15) is 14.4 Å². The Balaban J connectivity index is 1.40. The first-order chi connectivity index (χ1) is 24.3. The lowest BCUT2D eigenvalue weighted by Gasteiger charge is -2.40. The zero-order valence-corrected chi connectivity index (χ0v) is 28.2. The van der Waals surface area contributed by atoms with Crippen LogP contribution in [0.1, 0.15) is 45.7 Å². The van der Waals surface area contributed by atoms with Crippen molar-refractivity contribution in [3.8, 4) is 34.3 Å². The van der Waals surface area contributed by atoms with Gasteiger partial charge in [-0.1, -0.05) is 36.4 Å². The third-order valence-corrected chi connectivity index (χ3v) is 8.56. The third kappa shape index (κ3) is 6.72. The smallest absolute Gasteiger partial charge is 0.338 e. The average molecular weight is 681 g/mol. The van der Waals surface area contributed by atoms with Crippen LogP contribution in [-0.4, -0.2) is 58.7 Å². The molecule has 6 rings (SSSR count). The predicted molar refractivity (Wildman–Crippen MR) is 183 cm³/mol. The van der Waals surface area contributed by atoms with E-state index in [0.717, 1.165) is 0 Å². The van der Waals surface area contributed by atoms with Gasteiger partial charge in [0.15, 0.2) is 23.0 Å². The van der Waals surface area contributed by atoms with Crippen molar-refractivity contribution < 1.29 is 47.2 Å². The minimum Gasteiger partial charge on any atom is -0.496 e. The van der Waals surface area contributed by atoms with E-state index in [1.165, 1.54) is 34.5 Å². The molecule has 4 aromatic carbocycles. The van der Waals surface area contributed by atoms with E-state index in [1.807, 2.05) is 0 Å². The van der Waals surface area contributed by atoms with Crippen LogP contribution in [-0.2, 0) is 14.2 Å². The predicted octanol–water partition coefficient (Wildman–Crippen LogP) is 6.80. The molecule has 1 saturated heterocycles. The molecule has 5 aromatic rings. The van der Waals surface area contributed by atoms with Crippen LogP contribution in [0.25, 0.3) is 22.3 Å². The fourth-order valence-corrected chi connectivity index (χ4v) is 6.16. The Hall–Kier alpha value is -5.81. The van der Waals surface area contributed by atoms with Gasteiger partial charge in [0, 0.05) is 24.1 Å². The molecule has 4 atom stereocenters. The van der Waals surface area contributed by atoms with E-state index in [2.05, 4.69) is 0 Å². The van der Waals surface area contributed by atoms with Crippen molar-refractivity contribution in [3.05, 3.63) is 118 Å². The van der Waals surface area contributed by atoms with Crippen LogP contribution >= 0.6 is 0 Å². The molecule has 0 aliphatic carbocycles. The second-order valence-corrected chi connectivity index (χ2v) is 11.6. The van der Waals surface area contributed by atoms with Gasteiger partial charge in [0.05, 0.1) is 57.3 Å². The van der Waals surface area contributed by atoms with E-state index < -0.39 is 36.4 Å². The molecule has 1 aliphatic heterocycles. The first-order valence-corrected chi connectivity index (χ1v) is 15.9. The number of hydrogen-bond donors (Lipinski definition) is 0. The summed E-state index contributed by atoms with van der Waals surface area (Å²) in [6, 6.07) is 25.2. The molecule has 0 radical (unpaired) electrons. The van der Waals surface area contributed by atoms with Gasteiger partial charge in [-0.15, -0.1) is 0 Å². The number of benzene rings is 4. The van der Waals surface area contributed by atoms with E-state index in [-0.39, 0.29) is 28.6 Å². The molecule has 0 unspecified atom stereocenters. The molecule has 50 heavy (non-hydrogen) atoms. The largest absolute Gasteiger partial charge is 0.496 e. The summed E-state index contributed by atoms with van der Waals surface area (Å²) in [6.07, 6.45) is -3.44. The Bertz CT molecular complexity index is 2060. The SMILES string of the molecule is COc1ccc(-c2cc(=O)c3c(OC)c([C@H]4C[C@@H](OC(=O)c5ccccc5)[C@@H](OC(=O)c5ccccc5)[C@@H](C)O4)c(OC)cc3o2)cc1OC. The van der Waals surface area contributed by atoms with Gasteiger partial charge in [-0.25, -0.2) is 9.59 Å². The van der Waals surface area contributed by atoms with Gasteiger partial charge < -0.3 is 37.6 Å². The molecule has 11 heteroatoms. The van der Waals surface area contributed by atoms with E-state index >= 15 is 0 Å². The number of carbonyl (C=O) groups is 2. The van der Waals surface area contributed by atoms with Crippen molar-refractivity contribution in [3.63, 3.8) is 0 Å². The topological polar surface area (TPSA) is 129 Å². The van der Waals surface area contributed by atoms with Crippen molar-refractivity contribution >= 4 is 22.9 Å². The number of hydrogen-bond acceptors (Lipinski definition) is 11. The maximum absolute atomic E-state index is 13.8. The van der Waals surface area contributed by atoms with Gasteiger partial charge in [0.2, 0.25) is 0 Å². The molecule has 0 N–H and O–H groups in total. The Morgan fingerprint density at radius 2 is 1.32 bits per heavy atom. The van der Waals surface area contributed by atoms with Gasteiger partial charge in [0.1, 0.15) is 34.3 Å². The maximum Gasteiger partial charge on any atom is 0.338 e. The van der Waals surface area contributed by atoms with Gasteiger partial charge in [-0.05, 0) is 49.4 Å². The number of esters is 2. The summed E-state index contributed by atoms with van der Waals surface area (Å²) in [5.74, 6) is 0.595. The standard InChI is InChI=1S/C39H36O11/c1-22-36(50-39(42)24-14-10-7-11-15-24)33(49-38(41)23-12-8-6-9-13-23)21-32(47-22)35-30(45-4)20-31-34(37(35)46-5)26(40)19-28(48-31)25-16-17-27(43-2)29(18-25)44-3/h6-20,22,32-33,36H,21H2,1-5H3/t22-,32-,33-,36+/m1/s1. The van der Waals surface area contributed by atoms with E-state index in [1.54, 1.807) is 91.9 Å². The second kappa shape index (κ2) is 14.8. The third-order valence-electron chi connectivity index (χ3n) is 8.56. The number of fused-ring (bicyclic) bond motifs is 1. The zero-order chi connectivity index (χ0) is 35.4. The van der Waals surface area contributed by atoms with Crippen molar-refractivity contribution in [2.24, 2.45) is 0 Å². The van der Waals surface area contributed by atoms with Crippen LogP contribution < -0.4 is 24.4 Å². The highest BCUT2D eigenvalue weighted by Crippen LogP contribution is 2.46. The first-order valence-electron chi connectivity index (χ1n) is 15.9. The Kier molecular flexibility index (Phi) is 10.1. The summed E-state index contributed by atoms with van der Waals surface area (Å²) >= 11 is 0. The highest BCUT2D eigenvalue weighted by atomic mass is 16.6. The van der Waals surface area contributed by atoms with Crippen LogP contribution in [0.5, 0.6) is 23.0 Å². The maximum atomic E-state index is 13.8. The lowest BCUT2D eigenvalue weighted by atomic mass is 9.91. The highest BCUT2D eigenvalue weighted by Gasteiger charge is 2.44. The zero-order valence-electron chi connectivity index (χ0n) is 28.2. The quantitative estimate of drug-likeness (QED) is 0.145. The second-order valence-electron chi connectivity index (χ2n) is 11.6. The Morgan fingerprint density at radius 3 is 1.92 bits per heavy atom. The van der Waals surface area contributed by atoms with Gasteiger partial charge in [0.25, 0.3) is 0 Å². The lowest BCUT2D eigenvalue weighted by Crippen LogP contribution is -2.49. The first kappa shape index (κ1) is 34.1. The number of rotatable bonds is 10. The number of methoxy groups -OCH3 is 4. The normalized spacial score (nSPS) is 18.6. The van der Waals surface area contributed by atoms with Crippen LogP contribution in [0.15, 0.2) is 100 Å². The van der Waals surface area contributed by atoms with Crippen LogP contribution in [0.3, 0.4) is 0 Å². The molecule has 0 amide bonds. The molecule has 1 aromatic heterocycles. The highest BCUT2D eigenvalue weighted by molar-refractivity contribution is 5.91. The molecular weight excluding hydrogens is 644 g/mol. The summed E-state index contributed by atoms with van der Waals surface area (Å²) in [5, 5.41) is 0.166. The van der Waals surface area contributed by atoms with Crippen molar-refractivity contribution in [2.75, 3.05) is 28.4 Å². The van der Waals surface area contributed by atoms with Crippen molar-refractivity contribution in [1.29, 1.82) is 0 Å². The lowest BCUT2D eigenvalue weighted by molar-refractivity contribution is -0.168. The molecular formula is C39H36O11. The van der Waals surface area contributed by atoms with Gasteiger partial charge in [-0.3, -0.25) is 4.79 Å². The van der Waals surface area contributed by atoms with Crippen LogP contribution in [0, 0.1) is 0 Å². The molecule has 2 heterocycles. The van der Waals surface area contributed by atoms with E-state index in [4.69, 9.17) is 37.6 Å². The van der Waals surface area contributed by atoms with Gasteiger partial charge in [-0.2, -0.15) is 0 Å². The van der Waals surface area contributed by atoms with E-state index in [0.29, 0.717) is 45.3 Å².